The van der Waals surface area contributed by atoms with E-state index in [1.807, 2.05) is 6.92 Å². The van der Waals surface area contributed by atoms with Gasteiger partial charge in [0, 0.05) is 5.75 Å². The quantitative estimate of drug-likeness (QED) is 0.506. The van der Waals surface area contributed by atoms with E-state index in [2.05, 4.69) is 13.5 Å². The summed E-state index contributed by atoms with van der Waals surface area (Å²) in [6.45, 7) is 7.92. The lowest BCUT2D eigenvalue weighted by atomic mass is 10.3. The molecule has 70 valence electrons. The molecule has 0 aliphatic rings. The molecular weight excluding hydrogens is 188 g/mol. The van der Waals surface area contributed by atoms with E-state index in [9.17, 15) is 4.21 Å². The Morgan fingerprint density at radius 1 is 1.50 bits per heavy atom. The molecule has 0 saturated heterocycles. The molecule has 0 aliphatic heterocycles. The van der Waals surface area contributed by atoms with Crippen LogP contribution in [-0.2, 0) is 11.3 Å². The fourth-order valence-corrected chi connectivity index (χ4v) is 1.96. The molecule has 0 saturated carbocycles. The summed E-state index contributed by atoms with van der Waals surface area (Å²) < 4.78 is 11.6. The molecule has 0 aromatic heterocycles. The van der Waals surface area contributed by atoms with Crippen LogP contribution < -0.4 is 0 Å². The maximum absolute atomic E-state index is 10.6. The first-order valence-corrected chi connectivity index (χ1v) is 5.86. The maximum Gasteiger partial charge on any atom is 0.0990 e. The fourth-order valence-electron chi connectivity index (χ4n) is 0.663. The van der Waals surface area contributed by atoms with Gasteiger partial charge in [-0.2, -0.15) is 0 Å². The van der Waals surface area contributed by atoms with E-state index in [0.29, 0.717) is 11.3 Å². The SMILES string of the molecule is C=C(C)CSC(CCCC)=S=O. The lowest BCUT2D eigenvalue weighted by Crippen LogP contribution is -1.93. The van der Waals surface area contributed by atoms with Gasteiger partial charge in [-0.15, -0.1) is 11.8 Å². The second kappa shape index (κ2) is 7.62. The first kappa shape index (κ1) is 12.0. The van der Waals surface area contributed by atoms with E-state index < -0.39 is 0 Å². The highest BCUT2D eigenvalue weighted by Gasteiger charge is 1.98. The lowest BCUT2D eigenvalue weighted by molar-refractivity contribution is 0.700. The molecule has 0 N–H and O–H groups in total. The van der Waals surface area contributed by atoms with Gasteiger partial charge < -0.3 is 0 Å². The first-order valence-electron chi connectivity index (χ1n) is 4.13. The lowest BCUT2D eigenvalue weighted by Gasteiger charge is -2.00. The van der Waals surface area contributed by atoms with Crippen LogP contribution in [0.2, 0.25) is 0 Å². The third kappa shape index (κ3) is 6.68. The Morgan fingerprint density at radius 3 is 2.58 bits per heavy atom. The summed E-state index contributed by atoms with van der Waals surface area (Å²) in [6, 6.07) is 0. The van der Waals surface area contributed by atoms with Gasteiger partial charge in [0.15, 0.2) is 0 Å². The number of hydrogen-bond acceptors (Lipinski definition) is 2. The summed E-state index contributed by atoms with van der Waals surface area (Å²) in [7, 11) is 0. The summed E-state index contributed by atoms with van der Waals surface area (Å²) in [5, 5.41) is 0. The summed E-state index contributed by atoms with van der Waals surface area (Å²) in [6.07, 6.45) is 3.22. The monoisotopic (exact) mass is 204 g/mol. The van der Waals surface area contributed by atoms with Gasteiger partial charge in [-0.1, -0.05) is 25.5 Å². The van der Waals surface area contributed by atoms with Crippen molar-refractivity contribution in [1.29, 1.82) is 0 Å². The van der Waals surface area contributed by atoms with Gasteiger partial charge in [0.25, 0.3) is 0 Å². The number of hydrogen-bond donors (Lipinski definition) is 0. The molecule has 0 unspecified atom stereocenters. The average Bonchev–Trinajstić information content (AvgIpc) is 2.05. The standard InChI is InChI=1S/C9H16OS2/c1-4-5-6-9(12-10)11-7-8(2)3/h2,4-7H2,1,3H3. The second-order valence-corrected chi connectivity index (χ2v) is 4.79. The van der Waals surface area contributed by atoms with Crippen LogP contribution >= 0.6 is 11.8 Å². The first-order chi connectivity index (χ1) is 5.70. The smallest absolute Gasteiger partial charge is 0.0990 e. The van der Waals surface area contributed by atoms with Crippen LogP contribution in [0.4, 0.5) is 0 Å². The van der Waals surface area contributed by atoms with Crippen LogP contribution in [0, 0.1) is 0 Å². The highest BCUT2D eigenvalue weighted by atomic mass is 32.2. The minimum absolute atomic E-state index is 0.640. The molecule has 0 heterocycles. The molecule has 1 nitrogen and oxygen atoms in total. The zero-order valence-corrected chi connectivity index (χ0v) is 9.39. The van der Waals surface area contributed by atoms with E-state index in [-0.39, 0.29) is 0 Å². The Balaban J connectivity index is 3.70. The van der Waals surface area contributed by atoms with Gasteiger partial charge in [0.2, 0.25) is 0 Å². The van der Waals surface area contributed by atoms with Crippen LogP contribution in [0.1, 0.15) is 33.1 Å². The minimum Gasteiger partial charge on any atom is -0.212 e. The fraction of sp³-hybridized carbons (Fsp3) is 0.667. The van der Waals surface area contributed by atoms with E-state index in [1.54, 1.807) is 11.8 Å². The predicted molar refractivity (Wildman–Crippen MR) is 59.9 cm³/mol. The largest absolute Gasteiger partial charge is 0.212 e. The number of unbranched alkanes of at least 4 members (excludes halogenated alkanes) is 1. The van der Waals surface area contributed by atoms with Crippen LogP contribution in [0.5, 0.6) is 0 Å². The van der Waals surface area contributed by atoms with E-state index in [1.165, 1.54) is 0 Å². The van der Waals surface area contributed by atoms with Gasteiger partial charge in [0.05, 0.1) is 15.5 Å². The molecule has 0 radical (unpaired) electrons. The topological polar surface area (TPSA) is 17.1 Å². The summed E-state index contributed by atoms with van der Waals surface area (Å²) in [5.41, 5.74) is 1.13. The molecule has 3 heteroatoms. The van der Waals surface area contributed by atoms with Crippen LogP contribution in [0.25, 0.3) is 0 Å². The molecule has 0 aromatic rings. The molecule has 0 bridgehead atoms. The van der Waals surface area contributed by atoms with Crippen LogP contribution in [-0.4, -0.2) is 14.2 Å². The molecule has 0 fully saturated rings. The van der Waals surface area contributed by atoms with Crippen molar-refractivity contribution in [2.24, 2.45) is 0 Å². The van der Waals surface area contributed by atoms with Gasteiger partial charge in [-0.3, -0.25) is 0 Å². The van der Waals surface area contributed by atoms with Crippen molar-refractivity contribution in [3.8, 4) is 0 Å². The maximum atomic E-state index is 10.6. The summed E-state index contributed by atoms with van der Waals surface area (Å²) in [5.74, 6) is 0.883. The zero-order valence-electron chi connectivity index (χ0n) is 7.76. The Labute approximate surface area is 82.7 Å². The van der Waals surface area contributed by atoms with Gasteiger partial charge >= 0.3 is 0 Å². The third-order valence-electron chi connectivity index (χ3n) is 1.31. The van der Waals surface area contributed by atoms with Crippen molar-refractivity contribution in [3.63, 3.8) is 0 Å². The third-order valence-corrected chi connectivity index (χ3v) is 3.42. The van der Waals surface area contributed by atoms with Crippen LogP contribution in [0.3, 0.4) is 0 Å². The zero-order chi connectivity index (χ0) is 9.40. The Hall–Kier alpha value is -0.0200. The Morgan fingerprint density at radius 2 is 2.17 bits per heavy atom. The number of thioether (sulfide) groups is 1. The van der Waals surface area contributed by atoms with Crippen molar-refractivity contribution in [2.45, 2.75) is 33.1 Å². The highest BCUT2D eigenvalue weighted by molar-refractivity contribution is 8.21. The Bertz CT molecular complexity index is 193. The van der Waals surface area contributed by atoms with Crippen molar-refractivity contribution in [3.05, 3.63) is 12.2 Å². The van der Waals surface area contributed by atoms with E-state index in [4.69, 9.17) is 0 Å². The average molecular weight is 204 g/mol. The molecule has 0 aromatic carbocycles. The van der Waals surface area contributed by atoms with Crippen molar-refractivity contribution in [2.75, 3.05) is 5.75 Å². The number of rotatable bonds is 5. The van der Waals surface area contributed by atoms with Gasteiger partial charge in [-0.25, -0.2) is 4.21 Å². The Kier molecular flexibility index (Phi) is 7.61. The molecule has 0 atom stereocenters. The van der Waals surface area contributed by atoms with Gasteiger partial charge in [0.1, 0.15) is 0 Å². The normalized spacial score (nSPS) is 9.50. The predicted octanol–water partition coefficient (Wildman–Crippen LogP) is 2.83. The van der Waals surface area contributed by atoms with Crippen molar-refractivity contribution >= 4 is 27.2 Å². The molecular formula is C9H16OS2. The minimum atomic E-state index is 0.640. The summed E-state index contributed by atoms with van der Waals surface area (Å²) in [4.78, 5) is 0. The second-order valence-electron chi connectivity index (χ2n) is 2.80. The van der Waals surface area contributed by atoms with E-state index in [0.717, 1.165) is 34.8 Å². The van der Waals surface area contributed by atoms with Gasteiger partial charge in [-0.05, 0) is 19.8 Å². The van der Waals surface area contributed by atoms with Crippen molar-refractivity contribution in [1.82, 2.24) is 0 Å². The van der Waals surface area contributed by atoms with Crippen LogP contribution in [0.15, 0.2) is 12.2 Å². The van der Waals surface area contributed by atoms with Crippen molar-refractivity contribution < 1.29 is 4.21 Å². The highest BCUT2D eigenvalue weighted by Crippen LogP contribution is 2.12. The molecule has 0 rings (SSSR count). The summed E-state index contributed by atoms with van der Waals surface area (Å²) >= 11 is 2.28. The van der Waals surface area contributed by atoms with E-state index >= 15 is 0 Å². The molecule has 0 amide bonds. The molecule has 0 spiro atoms. The molecule has 0 aliphatic carbocycles. The molecule has 12 heavy (non-hydrogen) atoms.